The molecule has 2 aromatic rings. The van der Waals surface area contributed by atoms with Gasteiger partial charge in [-0.05, 0) is 48.9 Å². The fourth-order valence-corrected chi connectivity index (χ4v) is 3.41. The molecule has 1 amide bonds. The standard InChI is InChI=1S/C23H18ClN3O6/c1-12-8-20-26-22(28)15(21(25)27(20)33-12)9-13-4-6-17(16(24)10-13)32-23(29)14-5-7-18(30-2)19(11-14)31-3/h4-11,25H,1-3H3/b15-9-,25-21?. The number of ether oxygens (including phenoxy) is 3. The Bertz CT molecular complexity index is 1280. The van der Waals surface area contributed by atoms with Crippen molar-refractivity contribution in [1.82, 2.24) is 5.06 Å². The second kappa shape index (κ2) is 8.79. The summed E-state index contributed by atoms with van der Waals surface area (Å²) in [6.45, 7) is 1.70. The predicted octanol–water partition coefficient (Wildman–Crippen LogP) is 4.03. The van der Waals surface area contributed by atoms with Crippen molar-refractivity contribution in [3.63, 3.8) is 0 Å². The van der Waals surface area contributed by atoms with Gasteiger partial charge in [-0.2, -0.15) is 4.99 Å². The third kappa shape index (κ3) is 4.31. The molecule has 0 saturated heterocycles. The summed E-state index contributed by atoms with van der Waals surface area (Å²) in [6.07, 6.45) is 3.04. The smallest absolute Gasteiger partial charge is 0.343 e. The predicted molar refractivity (Wildman–Crippen MR) is 121 cm³/mol. The van der Waals surface area contributed by atoms with Crippen molar-refractivity contribution < 1.29 is 28.6 Å². The fraction of sp³-hybridized carbons (Fsp3) is 0.130. The van der Waals surface area contributed by atoms with E-state index in [2.05, 4.69) is 4.99 Å². The number of fused-ring (bicyclic) bond motifs is 1. The van der Waals surface area contributed by atoms with E-state index in [4.69, 9.17) is 36.1 Å². The summed E-state index contributed by atoms with van der Waals surface area (Å²) >= 11 is 6.31. The molecule has 0 atom stereocenters. The van der Waals surface area contributed by atoms with E-state index in [1.165, 1.54) is 43.6 Å². The molecule has 0 aliphatic carbocycles. The van der Waals surface area contributed by atoms with Gasteiger partial charge in [-0.3, -0.25) is 10.2 Å². The minimum Gasteiger partial charge on any atom is -0.493 e. The highest BCUT2D eigenvalue weighted by atomic mass is 35.5. The van der Waals surface area contributed by atoms with E-state index in [0.717, 1.165) is 0 Å². The zero-order chi connectivity index (χ0) is 23.7. The number of hydroxylamine groups is 2. The maximum absolute atomic E-state index is 12.6. The van der Waals surface area contributed by atoms with Crippen LogP contribution in [0.5, 0.6) is 17.2 Å². The molecular weight excluding hydrogens is 450 g/mol. The molecule has 0 fully saturated rings. The number of carbonyl (C=O) groups is 2. The van der Waals surface area contributed by atoms with E-state index in [9.17, 15) is 9.59 Å². The summed E-state index contributed by atoms with van der Waals surface area (Å²) in [6, 6.07) is 9.25. The Kier molecular flexibility index (Phi) is 5.89. The van der Waals surface area contributed by atoms with Crippen LogP contribution in [-0.4, -0.2) is 42.8 Å². The van der Waals surface area contributed by atoms with Gasteiger partial charge in [0.05, 0.1) is 30.4 Å². The average Bonchev–Trinajstić information content (AvgIpc) is 3.17. The van der Waals surface area contributed by atoms with E-state index < -0.39 is 11.9 Å². The van der Waals surface area contributed by atoms with Crippen molar-refractivity contribution >= 4 is 41.2 Å². The highest BCUT2D eigenvalue weighted by Gasteiger charge is 2.34. The van der Waals surface area contributed by atoms with E-state index in [-0.39, 0.29) is 33.6 Å². The van der Waals surface area contributed by atoms with Crippen LogP contribution in [0.2, 0.25) is 5.02 Å². The van der Waals surface area contributed by atoms with Crippen LogP contribution < -0.4 is 14.2 Å². The van der Waals surface area contributed by atoms with Gasteiger partial charge < -0.3 is 19.0 Å². The van der Waals surface area contributed by atoms with Crippen molar-refractivity contribution in [2.24, 2.45) is 4.99 Å². The summed E-state index contributed by atoms with van der Waals surface area (Å²) in [4.78, 5) is 34.3. The lowest BCUT2D eigenvalue weighted by atomic mass is 10.1. The van der Waals surface area contributed by atoms with Crippen LogP contribution >= 0.6 is 11.6 Å². The summed E-state index contributed by atoms with van der Waals surface area (Å²) < 4.78 is 15.8. The van der Waals surface area contributed by atoms with E-state index in [1.807, 2.05) is 0 Å². The highest BCUT2D eigenvalue weighted by Crippen LogP contribution is 2.31. The van der Waals surface area contributed by atoms with Crippen molar-refractivity contribution in [3.8, 4) is 17.2 Å². The van der Waals surface area contributed by atoms with Crippen LogP contribution in [-0.2, 0) is 9.63 Å². The maximum Gasteiger partial charge on any atom is 0.343 e. The maximum atomic E-state index is 12.6. The molecule has 0 aromatic heterocycles. The molecule has 0 radical (unpaired) electrons. The summed E-state index contributed by atoms with van der Waals surface area (Å²) in [5.74, 6) is 0.438. The number of allylic oxidation sites excluding steroid dienone is 1. The van der Waals surface area contributed by atoms with Crippen LogP contribution in [0.15, 0.2) is 58.8 Å². The van der Waals surface area contributed by atoms with Gasteiger partial charge >= 0.3 is 5.97 Å². The first-order chi connectivity index (χ1) is 15.8. The Balaban J connectivity index is 1.54. The molecule has 2 heterocycles. The molecule has 0 saturated carbocycles. The minimum absolute atomic E-state index is 0.0352. The highest BCUT2D eigenvalue weighted by molar-refractivity contribution is 6.33. The Morgan fingerprint density at radius 1 is 1.12 bits per heavy atom. The third-order valence-electron chi connectivity index (χ3n) is 4.77. The van der Waals surface area contributed by atoms with E-state index >= 15 is 0 Å². The number of halogens is 1. The minimum atomic E-state index is -0.635. The Labute approximate surface area is 193 Å². The Morgan fingerprint density at radius 3 is 2.55 bits per heavy atom. The lowest BCUT2D eigenvalue weighted by Gasteiger charge is -2.23. The first-order valence-corrected chi connectivity index (χ1v) is 10.0. The van der Waals surface area contributed by atoms with Gasteiger partial charge in [0.15, 0.2) is 23.2 Å². The van der Waals surface area contributed by atoms with Crippen LogP contribution in [0.4, 0.5) is 0 Å². The zero-order valence-corrected chi connectivity index (χ0v) is 18.6. The molecule has 2 aliphatic heterocycles. The van der Waals surface area contributed by atoms with Crippen molar-refractivity contribution in [1.29, 1.82) is 5.41 Å². The Hall–Kier alpha value is -4.11. The van der Waals surface area contributed by atoms with Crippen molar-refractivity contribution in [3.05, 3.63) is 70.0 Å². The lowest BCUT2D eigenvalue weighted by Crippen LogP contribution is -2.38. The van der Waals surface area contributed by atoms with Crippen LogP contribution in [0.25, 0.3) is 6.08 Å². The average molecular weight is 468 g/mol. The molecule has 33 heavy (non-hydrogen) atoms. The van der Waals surface area contributed by atoms with Crippen molar-refractivity contribution in [2.45, 2.75) is 6.92 Å². The zero-order valence-electron chi connectivity index (χ0n) is 17.8. The number of aliphatic imine (C=N–C) groups is 1. The first-order valence-electron chi connectivity index (χ1n) is 9.64. The van der Waals surface area contributed by atoms with E-state index in [0.29, 0.717) is 22.8 Å². The van der Waals surface area contributed by atoms with Gasteiger partial charge in [0, 0.05) is 6.08 Å². The molecule has 2 aliphatic rings. The number of nitrogens with zero attached hydrogens (tertiary/aromatic N) is 2. The number of benzene rings is 2. The van der Waals surface area contributed by atoms with Gasteiger partial charge in [0.1, 0.15) is 11.5 Å². The quantitative estimate of drug-likeness (QED) is 0.401. The number of amides is 1. The number of carbonyl (C=O) groups excluding carboxylic acids is 2. The lowest BCUT2D eigenvalue weighted by molar-refractivity contribution is -0.114. The van der Waals surface area contributed by atoms with Crippen LogP contribution in [0.1, 0.15) is 22.8 Å². The Morgan fingerprint density at radius 2 is 1.85 bits per heavy atom. The van der Waals surface area contributed by atoms with Gasteiger partial charge in [0.25, 0.3) is 5.91 Å². The number of nitrogens with one attached hydrogen (secondary N) is 1. The second-order valence-electron chi connectivity index (χ2n) is 6.97. The van der Waals surface area contributed by atoms with Gasteiger partial charge in [0.2, 0.25) is 0 Å². The third-order valence-corrected chi connectivity index (χ3v) is 5.06. The van der Waals surface area contributed by atoms with Crippen LogP contribution in [0.3, 0.4) is 0 Å². The molecule has 1 N–H and O–H groups in total. The molecule has 168 valence electrons. The topological polar surface area (TPSA) is 111 Å². The number of rotatable bonds is 5. The normalized spacial score (nSPS) is 16.1. The fourth-order valence-electron chi connectivity index (χ4n) is 3.18. The number of hydrogen-bond acceptors (Lipinski definition) is 7. The summed E-state index contributed by atoms with van der Waals surface area (Å²) in [5, 5.41) is 9.58. The largest absolute Gasteiger partial charge is 0.493 e. The van der Waals surface area contributed by atoms with Gasteiger partial charge in [-0.25, -0.2) is 4.79 Å². The monoisotopic (exact) mass is 467 g/mol. The number of hydrogen-bond donors (Lipinski definition) is 1. The molecule has 0 unspecified atom stereocenters. The number of methoxy groups -OCH3 is 2. The molecular formula is C23H18ClN3O6. The molecule has 9 nitrogen and oxygen atoms in total. The molecule has 4 rings (SSSR count). The summed E-state index contributed by atoms with van der Waals surface area (Å²) in [5.41, 5.74) is 0.800. The second-order valence-corrected chi connectivity index (χ2v) is 7.38. The van der Waals surface area contributed by atoms with E-state index in [1.54, 1.807) is 31.2 Å². The molecule has 2 aromatic carbocycles. The number of esters is 1. The summed E-state index contributed by atoms with van der Waals surface area (Å²) in [7, 11) is 2.96. The molecule has 10 heteroatoms. The van der Waals surface area contributed by atoms with Gasteiger partial charge in [-0.15, -0.1) is 5.06 Å². The molecule has 0 spiro atoms. The SMILES string of the molecule is COc1ccc(C(=O)Oc2ccc(/C=C3/C(=N)N4OC(C)=CC4=NC3=O)cc2Cl)cc1OC. The van der Waals surface area contributed by atoms with Crippen LogP contribution in [0, 0.1) is 5.41 Å². The molecule has 0 bridgehead atoms. The number of amidine groups is 2. The van der Waals surface area contributed by atoms with Crippen molar-refractivity contribution in [2.75, 3.05) is 14.2 Å². The van der Waals surface area contributed by atoms with Gasteiger partial charge in [-0.1, -0.05) is 17.7 Å². The first kappa shape index (κ1) is 22.1.